The lowest BCUT2D eigenvalue weighted by molar-refractivity contribution is -0.159. The highest BCUT2D eigenvalue weighted by molar-refractivity contribution is 5.69. The van der Waals surface area contributed by atoms with Crippen molar-refractivity contribution in [2.45, 2.75) is 227 Å². The van der Waals surface area contributed by atoms with Crippen LogP contribution in [-0.4, -0.2) is 80.9 Å². The maximum atomic E-state index is 12.5. The Morgan fingerprint density at radius 2 is 0.983 bits per heavy atom. The van der Waals surface area contributed by atoms with E-state index in [1.807, 2.05) is 0 Å². The van der Waals surface area contributed by atoms with Gasteiger partial charge in [-0.25, -0.2) is 0 Å². The van der Waals surface area contributed by atoms with Crippen LogP contribution in [0.2, 0.25) is 0 Å². The molecule has 8 heteroatoms. The van der Waals surface area contributed by atoms with Gasteiger partial charge < -0.3 is 29.0 Å². The fourth-order valence-electron chi connectivity index (χ4n) is 7.20. The Kier molecular flexibility index (Phi) is 44.9. The molecule has 0 aliphatic heterocycles. The molecule has 0 unspecified atom stereocenters. The molecule has 0 atom stereocenters. The molecule has 58 heavy (non-hydrogen) atoms. The van der Waals surface area contributed by atoms with Crippen LogP contribution in [0.25, 0.3) is 0 Å². The Morgan fingerprint density at radius 1 is 0.483 bits per heavy atom. The van der Waals surface area contributed by atoms with Crippen LogP contribution in [0.3, 0.4) is 0 Å². The van der Waals surface area contributed by atoms with E-state index in [4.69, 9.17) is 18.9 Å². The molecule has 0 amide bonds. The number of carbonyl (C=O) groups is 2. The standard InChI is InChI=1S/C50H95NO7/c1-5-9-13-15-21-30-44-57-50(58-45-31-22-16-14-10-6-2)37-36-49(54)55-43-29-23-20-28-40-51(41-32-42-52)39-27-19-17-18-26-35-48(53)56-46-38-47(33-24-11-7-3)34-25-12-8-4/h9-10,13-14,47,50,52H,5-8,11-12,15-46H2,1-4H3/b13-9-,14-10-. The lowest BCUT2D eigenvalue weighted by atomic mass is 9.92. The Labute approximate surface area is 359 Å². The Hall–Kier alpha value is -1.74. The molecule has 0 aromatic heterocycles. The number of carbonyl (C=O) groups excluding carboxylic acids is 2. The highest BCUT2D eigenvalue weighted by Gasteiger charge is 2.14. The lowest BCUT2D eigenvalue weighted by Gasteiger charge is -2.22. The summed E-state index contributed by atoms with van der Waals surface area (Å²) in [6.07, 6.45) is 40.0. The monoisotopic (exact) mass is 822 g/mol. The molecule has 0 aromatic carbocycles. The minimum absolute atomic E-state index is 0.0248. The molecular formula is C50H95NO7. The maximum absolute atomic E-state index is 12.5. The molecule has 0 aromatic rings. The van der Waals surface area contributed by atoms with Crippen LogP contribution >= 0.6 is 0 Å². The van der Waals surface area contributed by atoms with Crippen molar-refractivity contribution < 1.29 is 33.6 Å². The van der Waals surface area contributed by atoms with Gasteiger partial charge in [-0.2, -0.15) is 0 Å². The number of ether oxygens (including phenoxy) is 4. The van der Waals surface area contributed by atoms with Crippen LogP contribution in [0, 0.1) is 5.92 Å². The van der Waals surface area contributed by atoms with E-state index in [1.54, 1.807) is 0 Å². The fraction of sp³-hybridized carbons (Fsp3) is 0.880. The number of aliphatic hydroxyl groups is 1. The second-order valence-corrected chi connectivity index (χ2v) is 16.4. The van der Waals surface area contributed by atoms with E-state index in [1.165, 1.54) is 57.8 Å². The summed E-state index contributed by atoms with van der Waals surface area (Å²) in [4.78, 5) is 27.3. The summed E-state index contributed by atoms with van der Waals surface area (Å²) in [7, 11) is 0. The molecule has 0 fully saturated rings. The molecule has 0 saturated carbocycles. The zero-order chi connectivity index (χ0) is 42.4. The maximum Gasteiger partial charge on any atom is 0.305 e. The quantitative estimate of drug-likeness (QED) is 0.0281. The van der Waals surface area contributed by atoms with Crippen molar-refractivity contribution in [3.8, 4) is 0 Å². The van der Waals surface area contributed by atoms with Gasteiger partial charge in [0.05, 0.1) is 19.6 Å². The van der Waals surface area contributed by atoms with Gasteiger partial charge in [0.15, 0.2) is 6.29 Å². The smallest absolute Gasteiger partial charge is 0.305 e. The second-order valence-electron chi connectivity index (χ2n) is 16.4. The Bertz CT molecular complexity index is 892. The normalized spacial score (nSPS) is 12.0. The molecule has 0 saturated heterocycles. The number of unbranched alkanes of at least 4 members (excludes halogenated alkanes) is 15. The van der Waals surface area contributed by atoms with E-state index in [-0.39, 0.29) is 24.8 Å². The van der Waals surface area contributed by atoms with Gasteiger partial charge in [0.1, 0.15) is 0 Å². The number of esters is 2. The first-order valence-corrected chi connectivity index (χ1v) is 24.7. The summed E-state index contributed by atoms with van der Waals surface area (Å²) in [6, 6.07) is 0. The first-order valence-electron chi connectivity index (χ1n) is 24.7. The molecule has 0 aliphatic rings. The number of rotatable bonds is 46. The van der Waals surface area contributed by atoms with Gasteiger partial charge in [-0.3, -0.25) is 9.59 Å². The highest BCUT2D eigenvalue weighted by Crippen LogP contribution is 2.21. The van der Waals surface area contributed by atoms with Gasteiger partial charge in [0.25, 0.3) is 0 Å². The zero-order valence-electron chi connectivity index (χ0n) is 38.7. The van der Waals surface area contributed by atoms with E-state index in [2.05, 4.69) is 56.9 Å². The molecule has 0 bridgehead atoms. The molecule has 0 aliphatic carbocycles. The van der Waals surface area contributed by atoms with Gasteiger partial charge >= 0.3 is 11.9 Å². The van der Waals surface area contributed by atoms with E-state index >= 15 is 0 Å². The molecule has 0 radical (unpaired) electrons. The third kappa shape index (κ3) is 41.0. The topological polar surface area (TPSA) is 94.5 Å². The van der Waals surface area contributed by atoms with Gasteiger partial charge in [-0.15, -0.1) is 0 Å². The van der Waals surface area contributed by atoms with E-state index < -0.39 is 0 Å². The summed E-state index contributed by atoms with van der Waals surface area (Å²) in [5, 5.41) is 9.42. The van der Waals surface area contributed by atoms with Crippen LogP contribution in [0.5, 0.6) is 0 Å². The average molecular weight is 822 g/mol. The van der Waals surface area contributed by atoms with Crippen molar-refractivity contribution in [3.63, 3.8) is 0 Å². The third-order valence-corrected chi connectivity index (χ3v) is 10.9. The number of aliphatic hydroxyl groups excluding tert-OH is 1. The average Bonchev–Trinajstić information content (AvgIpc) is 3.22. The Morgan fingerprint density at radius 3 is 1.55 bits per heavy atom. The van der Waals surface area contributed by atoms with Crippen molar-refractivity contribution in [2.75, 3.05) is 52.7 Å². The molecule has 0 heterocycles. The van der Waals surface area contributed by atoms with E-state index in [0.717, 1.165) is 135 Å². The van der Waals surface area contributed by atoms with Crippen molar-refractivity contribution in [1.29, 1.82) is 0 Å². The Balaban J connectivity index is 4.17. The predicted octanol–water partition coefficient (Wildman–Crippen LogP) is 13.2. The van der Waals surface area contributed by atoms with Crippen LogP contribution in [0.4, 0.5) is 0 Å². The summed E-state index contributed by atoms with van der Waals surface area (Å²) < 4.78 is 23.3. The first-order chi connectivity index (χ1) is 28.5. The summed E-state index contributed by atoms with van der Waals surface area (Å²) in [5.41, 5.74) is 0. The van der Waals surface area contributed by atoms with Gasteiger partial charge in [-0.05, 0) is 109 Å². The van der Waals surface area contributed by atoms with Crippen molar-refractivity contribution in [2.24, 2.45) is 5.92 Å². The zero-order valence-corrected chi connectivity index (χ0v) is 38.7. The largest absolute Gasteiger partial charge is 0.466 e. The molecule has 0 spiro atoms. The number of nitrogens with zero attached hydrogens (tertiary/aromatic N) is 1. The molecule has 342 valence electrons. The van der Waals surface area contributed by atoms with Gasteiger partial charge in [-0.1, -0.05) is 135 Å². The number of allylic oxidation sites excluding steroid dienone is 4. The van der Waals surface area contributed by atoms with E-state index in [9.17, 15) is 14.7 Å². The molecular weight excluding hydrogens is 727 g/mol. The summed E-state index contributed by atoms with van der Waals surface area (Å²) in [5.74, 6) is 0.506. The van der Waals surface area contributed by atoms with Crippen molar-refractivity contribution >= 4 is 11.9 Å². The van der Waals surface area contributed by atoms with Gasteiger partial charge in [0.2, 0.25) is 0 Å². The predicted molar refractivity (Wildman–Crippen MR) is 244 cm³/mol. The lowest BCUT2D eigenvalue weighted by Crippen LogP contribution is -2.28. The molecule has 1 N–H and O–H groups in total. The highest BCUT2D eigenvalue weighted by atomic mass is 16.7. The SMILES string of the molecule is CC/C=C\CCCCOC(CCC(=O)OCCCCCCN(CCCO)CCCCCCCC(=O)OCCC(CCCCC)CCCCC)OCCCC/C=C\CC. The van der Waals surface area contributed by atoms with Crippen LogP contribution in [-0.2, 0) is 28.5 Å². The molecule has 0 rings (SSSR count). The number of hydrogen-bond donors (Lipinski definition) is 1. The minimum atomic E-state index is -0.359. The van der Waals surface area contributed by atoms with Crippen LogP contribution in [0.1, 0.15) is 220 Å². The van der Waals surface area contributed by atoms with Crippen LogP contribution < -0.4 is 0 Å². The van der Waals surface area contributed by atoms with Crippen molar-refractivity contribution in [1.82, 2.24) is 4.90 Å². The minimum Gasteiger partial charge on any atom is -0.466 e. The fourth-order valence-corrected chi connectivity index (χ4v) is 7.20. The second kappa shape index (κ2) is 46.3. The molecule has 8 nitrogen and oxygen atoms in total. The summed E-state index contributed by atoms with van der Waals surface area (Å²) >= 11 is 0. The van der Waals surface area contributed by atoms with Crippen LogP contribution in [0.15, 0.2) is 24.3 Å². The summed E-state index contributed by atoms with van der Waals surface area (Å²) in [6.45, 7) is 14.4. The first kappa shape index (κ1) is 56.3. The van der Waals surface area contributed by atoms with E-state index in [0.29, 0.717) is 51.6 Å². The van der Waals surface area contributed by atoms with Gasteiger partial charge in [0, 0.05) is 39.2 Å². The third-order valence-electron chi connectivity index (χ3n) is 10.9. The van der Waals surface area contributed by atoms with Crippen molar-refractivity contribution in [3.05, 3.63) is 24.3 Å². The number of hydrogen-bond acceptors (Lipinski definition) is 8.